The fourth-order valence-electron chi connectivity index (χ4n) is 3.64. The Morgan fingerprint density at radius 2 is 2.07 bits per heavy atom. The van der Waals surface area contributed by atoms with Crippen LogP contribution in [-0.4, -0.2) is 36.5 Å². The minimum atomic E-state index is -1.13. The van der Waals surface area contributed by atoms with Crippen LogP contribution in [0.1, 0.15) is 30.1 Å². The molecule has 0 unspecified atom stereocenters. The first-order valence-electron chi connectivity index (χ1n) is 9.42. The number of anilines is 3. The Balaban J connectivity index is 1.45. The first kappa shape index (κ1) is 18.9. The number of carbonyl (C=O) groups excluding carboxylic acids is 3. The number of fused-ring (bicyclic) bond motifs is 3. The van der Waals surface area contributed by atoms with E-state index in [9.17, 15) is 18.8 Å². The molecule has 0 saturated carbocycles. The number of hydrogen-bond acceptors (Lipinski definition) is 5. The molecular weight excluding hydrogens is 377 g/mol. The third-order valence-corrected chi connectivity index (χ3v) is 5.14. The molecule has 0 aromatic heterocycles. The summed E-state index contributed by atoms with van der Waals surface area (Å²) in [6.45, 7) is 2.20. The molecule has 2 aliphatic heterocycles. The smallest absolute Gasteiger partial charge is 0.338 e. The fourth-order valence-corrected chi connectivity index (χ4v) is 3.64. The average molecular weight is 397 g/mol. The van der Waals surface area contributed by atoms with Gasteiger partial charge in [0.2, 0.25) is 5.91 Å². The van der Waals surface area contributed by atoms with Crippen molar-refractivity contribution < 1.29 is 23.5 Å². The number of nitrogens with zero attached hydrogens (tertiary/aromatic N) is 1. The average Bonchev–Trinajstić information content (AvgIpc) is 3.20. The first-order valence-corrected chi connectivity index (χ1v) is 9.42. The van der Waals surface area contributed by atoms with Crippen molar-refractivity contribution in [2.75, 3.05) is 22.1 Å². The molecule has 1 fully saturated rings. The molecule has 2 amide bonds. The zero-order valence-corrected chi connectivity index (χ0v) is 15.8. The lowest BCUT2D eigenvalue weighted by molar-refractivity contribution is -0.123. The molecule has 2 atom stereocenters. The molecule has 0 aliphatic carbocycles. The van der Waals surface area contributed by atoms with E-state index in [4.69, 9.17) is 4.74 Å². The Bertz CT molecular complexity index is 994. The van der Waals surface area contributed by atoms with Crippen molar-refractivity contribution in [3.63, 3.8) is 0 Å². The highest BCUT2D eigenvalue weighted by molar-refractivity contribution is 6.05. The highest BCUT2D eigenvalue weighted by Gasteiger charge is 2.36. The Morgan fingerprint density at radius 1 is 1.28 bits per heavy atom. The van der Waals surface area contributed by atoms with Crippen molar-refractivity contribution in [1.29, 1.82) is 0 Å². The van der Waals surface area contributed by atoms with E-state index in [1.165, 1.54) is 25.1 Å². The van der Waals surface area contributed by atoms with Gasteiger partial charge in [0.15, 0.2) is 6.10 Å². The maximum Gasteiger partial charge on any atom is 0.338 e. The zero-order valence-electron chi connectivity index (χ0n) is 15.8. The molecule has 150 valence electrons. The lowest BCUT2D eigenvalue weighted by Gasteiger charge is -2.33. The number of halogens is 1. The van der Waals surface area contributed by atoms with Crippen LogP contribution in [0.4, 0.5) is 21.5 Å². The zero-order chi connectivity index (χ0) is 20.5. The van der Waals surface area contributed by atoms with Crippen LogP contribution in [0.25, 0.3) is 0 Å². The van der Waals surface area contributed by atoms with E-state index in [0.717, 1.165) is 25.1 Å². The van der Waals surface area contributed by atoms with Gasteiger partial charge in [-0.2, -0.15) is 0 Å². The second-order valence-electron chi connectivity index (χ2n) is 7.09. The van der Waals surface area contributed by atoms with Gasteiger partial charge < -0.3 is 20.3 Å². The summed E-state index contributed by atoms with van der Waals surface area (Å²) in [7, 11) is 0. The summed E-state index contributed by atoms with van der Waals surface area (Å²) in [5, 5.41) is 5.23. The van der Waals surface area contributed by atoms with E-state index in [1.54, 1.807) is 24.3 Å². The third-order valence-electron chi connectivity index (χ3n) is 5.14. The quantitative estimate of drug-likeness (QED) is 0.775. The molecule has 0 bridgehead atoms. The third kappa shape index (κ3) is 3.65. The number of para-hydroxylation sites is 1. The highest BCUT2D eigenvalue weighted by atomic mass is 19.1. The number of nitrogens with one attached hydrogen (secondary N) is 2. The molecule has 0 radical (unpaired) electrons. The normalized spacial score (nSPS) is 18.3. The van der Waals surface area contributed by atoms with Gasteiger partial charge in [-0.3, -0.25) is 9.59 Å². The Hall–Kier alpha value is -3.42. The van der Waals surface area contributed by atoms with Crippen molar-refractivity contribution >= 4 is 34.8 Å². The molecule has 2 aromatic carbocycles. The van der Waals surface area contributed by atoms with Crippen molar-refractivity contribution in [2.45, 2.75) is 31.9 Å². The van der Waals surface area contributed by atoms with E-state index >= 15 is 0 Å². The Kier molecular flexibility index (Phi) is 4.92. The number of rotatable bonds is 4. The van der Waals surface area contributed by atoms with Crippen LogP contribution in [0, 0.1) is 5.82 Å². The number of hydrogen-bond donors (Lipinski definition) is 2. The molecule has 29 heavy (non-hydrogen) atoms. The number of amides is 2. The molecule has 4 rings (SSSR count). The summed E-state index contributed by atoms with van der Waals surface area (Å²) in [6, 6.07) is 10.5. The van der Waals surface area contributed by atoms with Gasteiger partial charge >= 0.3 is 5.97 Å². The second kappa shape index (κ2) is 7.54. The van der Waals surface area contributed by atoms with Crippen LogP contribution >= 0.6 is 0 Å². The molecule has 0 spiro atoms. The van der Waals surface area contributed by atoms with Gasteiger partial charge in [-0.25, -0.2) is 9.18 Å². The van der Waals surface area contributed by atoms with E-state index in [-0.39, 0.29) is 23.2 Å². The predicted molar refractivity (Wildman–Crippen MR) is 105 cm³/mol. The number of ether oxygens (including phenoxy) is 1. The summed E-state index contributed by atoms with van der Waals surface area (Å²) in [5.41, 5.74) is 1.64. The van der Waals surface area contributed by atoms with Gasteiger partial charge in [0, 0.05) is 6.54 Å². The van der Waals surface area contributed by atoms with Crippen molar-refractivity contribution in [2.24, 2.45) is 0 Å². The van der Waals surface area contributed by atoms with Crippen LogP contribution in [0.15, 0.2) is 42.5 Å². The van der Waals surface area contributed by atoms with Gasteiger partial charge in [0.25, 0.3) is 5.91 Å². The summed E-state index contributed by atoms with van der Waals surface area (Å²) in [4.78, 5) is 39.0. The molecule has 1 saturated heterocycles. The standard InChI is InChI=1S/C21H20FN3O4/c1-12(19(26)23-15-6-3-2-5-14(15)22)29-21(28)13-8-9-17-16(11-13)24-20(27)18-7-4-10-25(17)18/h2-3,5-6,8-9,11-12,18H,4,7,10H2,1H3,(H,23,26)(H,24,27)/t12-,18-/m1/s1. The van der Waals surface area contributed by atoms with Gasteiger partial charge in [0.1, 0.15) is 11.9 Å². The van der Waals surface area contributed by atoms with Crippen LogP contribution in [-0.2, 0) is 14.3 Å². The lowest BCUT2D eigenvalue weighted by atomic mass is 10.1. The van der Waals surface area contributed by atoms with Crippen molar-refractivity contribution in [3.8, 4) is 0 Å². The summed E-state index contributed by atoms with van der Waals surface area (Å²) < 4.78 is 18.9. The SMILES string of the molecule is C[C@@H](OC(=O)c1ccc2c(c1)NC(=O)[C@H]1CCCN21)C(=O)Nc1ccccc1F. The molecule has 2 aliphatic rings. The van der Waals surface area contributed by atoms with Gasteiger partial charge in [0.05, 0.1) is 22.6 Å². The van der Waals surface area contributed by atoms with Gasteiger partial charge in [-0.1, -0.05) is 12.1 Å². The van der Waals surface area contributed by atoms with Crippen LogP contribution < -0.4 is 15.5 Å². The van der Waals surface area contributed by atoms with Crippen LogP contribution in [0.2, 0.25) is 0 Å². The largest absolute Gasteiger partial charge is 0.449 e. The fraction of sp³-hybridized carbons (Fsp3) is 0.286. The summed E-state index contributed by atoms with van der Waals surface area (Å²) >= 11 is 0. The van der Waals surface area contributed by atoms with Crippen LogP contribution in [0.5, 0.6) is 0 Å². The Labute approximate surface area is 166 Å². The second-order valence-corrected chi connectivity index (χ2v) is 7.09. The van der Waals surface area contributed by atoms with E-state index in [1.807, 2.05) is 4.90 Å². The monoisotopic (exact) mass is 397 g/mol. The minimum absolute atomic E-state index is 0.0112. The molecule has 2 heterocycles. The van der Waals surface area contributed by atoms with Gasteiger partial charge in [-0.15, -0.1) is 0 Å². The maximum absolute atomic E-state index is 13.7. The minimum Gasteiger partial charge on any atom is -0.449 e. The maximum atomic E-state index is 13.7. The van der Waals surface area contributed by atoms with Crippen molar-refractivity contribution in [1.82, 2.24) is 0 Å². The van der Waals surface area contributed by atoms with E-state index in [2.05, 4.69) is 10.6 Å². The predicted octanol–water partition coefficient (Wildman–Crippen LogP) is 2.93. The topological polar surface area (TPSA) is 87.7 Å². The number of esters is 1. The van der Waals surface area contributed by atoms with E-state index < -0.39 is 23.8 Å². The molecule has 2 aromatic rings. The van der Waals surface area contributed by atoms with E-state index in [0.29, 0.717) is 5.69 Å². The summed E-state index contributed by atoms with van der Waals surface area (Å²) in [5.74, 6) is -2.01. The van der Waals surface area contributed by atoms with Gasteiger partial charge in [-0.05, 0) is 50.1 Å². The highest BCUT2D eigenvalue weighted by Crippen LogP contribution is 2.37. The van der Waals surface area contributed by atoms with Crippen LogP contribution in [0.3, 0.4) is 0 Å². The molecular formula is C21H20FN3O4. The number of carbonyl (C=O) groups is 3. The number of benzene rings is 2. The lowest BCUT2D eigenvalue weighted by Crippen LogP contribution is -2.43. The molecule has 2 N–H and O–H groups in total. The molecule has 8 heteroatoms. The Morgan fingerprint density at radius 3 is 2.86 bits per heavy atom. The first-order chi connectivity index (χ1) is 13.9. The summed E-state index contributed by atoms with van der Waals surface area (Å²) in [6.07, 6.45) is 0.621. The molecule has 7 nitrogen and oxygen atoms in total. The van der Waals surface area contributed by atoms with Crippen molar-refractivity contribution in [3.05, 3.63) is 53.8 Å².